The highest BCUT2D eigenvalue weighted by Crippen LogP contribution is 2.23. The second kappa shape index (κ2) is 8.40. The molecule has 1 aromatic carbocycles. The van der Waals surface area contributed by atoms with Crippen molar-refractivity contribution in [2.24, 2.45) is 5.92 Å². The summed E-state index contributed by atoms with van der Waals surface area (Å²) >= 11 is 0. The van der Waals surface area contributed by atoms with Gasteiger partial charge >= 0.3 is 0 Å². The van der Waals surface area contributed by atoms with Crippen molar-refractivity contribution in [2.75, 3.05) is 26.2 Å². The fourth-order valence-electron chi connectivity index (χ4n) is 3.00. The Labute approximate surface area is 129 Å². The van der Waals surface area contributed by atoms with Gasteiger partial charge in [0.05, 0.1) is 6.61 Å². The van der Waals surface area contributed by atoms with Crippen LogP contribution in [-0.4, -0.2) is 37.2 Å². The van der Waals surface area contributed by atoms with Gasteiger partial charge in [-0.1, -0.05) is 18.2 Å². The normalized spacial score (nSPS) is 16.6. The molecule has 0 bridgehead atoms. The molecule has 21 heavy (non-hydrogen) atoms. The summed E-state index contributed by atoms with van der Waals surface area (Å²) in [5, 5.41) is 3.45. The fourth-order valence-corrected chi connectivity index (χ4v) is 3.00. The van der Waals surface area contributed by atoms with Crippen LogP contribution in [0.2, 0.25) is 0 Å². The largest absolute Gasteiger partial charge is 0.494 e. The van der Waals surface area contributed by atoms with Crippen LogP contribution < -0.4 is 10.1 Å². The second-order valence-electron chi connectivity index (χ2n) is 6.26. The molecule has 1 saturated heterocycles. The molecule has 3 heteroatoms. The van der Waals surface area contributed by atoms with Gasteiger partial charge < -0.3 is 10.1 Å². The van der Waals surface area contributed by atoms with Gasteiger partial charge in [0.25, 0.3) is 0 Å². The molecule has 0 unspecified atom stereocenters. The van der Waals surface area contributed by atoms with Crippen LogP contribution in [0.15, 0.2) is 24.3 Å². The maximum atomic E-state index is 5.77. The van der Waals surface area contributed by atoms with Gasteiger partial charge in [-0.2, -0.15) is 0 Å². The number of nitrogens with zero attached hydrogens (tertiary/aromatic N) is 1. The zero-order valence-electron chi connectivity index (χ0n) is 13.8. The van der Waals surface area contributed by atoms with Crippen LogP contribution in [0.4, 0.5) is 0 Å². The summed E-state index contributed by atoms with van der Waals surface area (Å²) in [5.41, 5.74) is 1.31. The molecule has 0 spiro atoms. The lowest BCUT2D eigenvalue weighted by Crippen LogP contribution is -2.39. The summed E-state index contributed by atoms with van der Waals surface area (Å²) in [6.07, 6.45) is 2.60. The highest BCUT2D eigenvalue weighted by Gasteiger charge is 2.20. The van der Waals surface area contributed by atoms with Crippen LogP contribution >= 0.6 is 0 Å². The third-order valence-electron chi connectivity index (χ3n) is 4.33. The molecule has 0 saturated carbocycles. The molecule has 0 aromatic heterocycles. The predicted octanol–water partition coefficient (Wildman–Crippen LogP) is 3.30. The lowest BCUT2D eigenvalue weighted by Gasteiger charge is -2.33. The predicted molar refractivity (Wildman–Crippen MR) is 88.8 cm³/mol. The van der Waals surface area contributed by atoms with Crippen LogP contribution in [0.3, 0.4) is 0 Å². The average molecular weight is 290 g/mol. The summed E-state index contributed by atoms with van der Waals surface area (Å²) in [7, 11) is 0. The second-order valence-corrected chi connectivity index (χ2v) is 6.26. The molecule has 1 fully saturated rings. The Morgan fingerprint density at radius 1 is 1.24 bits per heavy atom. The van der Waals surface area contributed by atoms with Crippen molar-refractivity contribution in [1.29, 1.82) is 0 Å². The van der Waals surface area contributed by atoms with Gasteiger partial charge in [-0.15, -0.1) is 0 Å². The molecular weight excluding hydrogens is 260 g/mol. The van der Waals surface area contributed by atoms with Crippen molar-refractivity contribution in [1.82, 2.24) is 10.2 Å². The van der Waals surface area contributed by atoms with Gasteiger partial charge in [0.1, 0.15) is 5.75 Å². The minimum absolute atomic E-state index is 0.564. The molecule has 2 rings (SSSR count). The number of hydrogen-bond donors (Lipinski definition) is 1. The molecule has 0 aliphatic carbocycles. The average Bonchev–Trinajstić information content (AvgIpc) is 2.49. The first-order valence-electron chi connectivity index (χ1n) is 8.36. The van der Waals surface area contributed by atoms with E-state index in [1.54, 1.807) is 0 Å². The molecule has 1 aliphatic rings. The van der Waals surface area contributed by atoms with Crippen LogP contribution in [0, 0.1) is 5.92 Å². The maximum absolute atomic E-state index is 5.77. The Balaban J connectivity index is 2.01. The fraction of sp³-hybridized carbons (Fsp3) is 0.667. The van der Waals surface area contributed by atoms with E-state index in [2.05, 4.69) is 48.3 Å². The molecule has 0 amide bonds. The first-order chi connectivity index (χ1) is 10.2. The van der Waals surface area contributed by atoms with E-state index in [4.69, 9.17) is 4.74 Å². The number of nitrogens with one attached hydrogen (secondary N) is 1. The van der Waals surface area contributed by atoms with Gasteiger partial charge in [0, 0.05) is 24.7 Å². The third-order valence-corrected chi connectivity index (χ3v) is 4.33. The van der Waals surface area contributed by atoms with Crippen molar-refractivity contribution < 1.29 is 4.74 Å². The van der Waals surface area contributed by atoms with Gasteiger partial charge in [0.15, 0.2) is 0 Å². The molecule has 1 aromatic rings. The topological polar surface area (TPSA) is 24.5 Å². The zero-order chi connectivity index (χ0) is 15.1. The van der Waals surface area contributed by atoms with Crippen molar-refractivity contribution >= 4 is 0 Å². The molecule has 1 heterocycles. The Hall–Kier alpha value is -1.06. The highest BCUT2D eigenvalue weighted by molar-refractivity contribution is 5.33. The Kier molecular flexibility index (Phi) is 6.52. The van der Waals surface area contributed by atoms with Crippen molar-refractivity contribution in [3.8, 4) is 5.75 Å². The van der Waals surface area contributed by atoms with E-state index in [1.807, 2.05) is 6.92 Å². The van der Waals surface area contributed by atoms with Gasteiger partial charge in [-0.3, -0.25) is 4.90 Å². The molecule has 0 atom stereocenters. The standard InChI is InChI=1S/C18H30N2O/c1-4-21-18-8-6-5-7-17(18)14-20(15(2)3)13-16-9-11-19-12-10-16/h5-8,15-16,19H,4,9-14H2,1-3H3. The monoisotopic (exact) mass is 290 g/mol. The Bertz CT molecular complexity index is 413. The maximum Gasteiger partial charge on any atom is 0.123 e. The van der Waals surface area contributed by atoms with Crippen LogP contribution in [0.5, 0.6) is 5.75 Å². The van der Waals surface area contributed by atoms with Crippen molar-refractivity contribution in [3.63, 3.8) is 0 Å². The van der Waals surface area contributed by atoms with Crippen LogP contribution in [-0.2, 0) is 6.54 Å². The molecule has 3 nitrogen and oxygen atoms in total. The van der Waals surface area contributed by atoms with Gasteiger partial charge in [0.2, 0.25) is 0 Å². The number of piperidine rings is 1. The highest BCUT2D eigenvalue weighted by atomic mass is 16.5. The summed E-state index contributed by atoms with van der Waals surface area (Å²) in [5.74, 6) is 1.86. The van der Waals surface area contributed by atoms with E-state index in [1.165, 1.54) is 38.0 Å². The molecular formula is C18H30N2O. The van der Waals surface area contributed by atoms with E-state index >= 15 is 0 Å². The summed E-state index contributed by atoms with van der Waals surface area (Å²) < 4.78 is 5.77. The summed E-state index contributed by atoms with van der Waals surface area (Å²) in [4.78, 5) is 2.59. The zero-order valence-corrected chi connectivity index (χ0v) is 13.8. The first kappa shape index (κ1) is 16.3. The van der Waals surface area contributed by atoms with Crippen LogP contribution in [0.25, 0.3) is 0 Å². The molecule has 1 aliphatic heterocycles. The lowest BCUT2D eigenvalue weighted by molar-refractivity contribution is 0.159. The Morgan fingerprint density at radius 3 is 2.62 bits per heavy atom. The van der Waals surface area contributed by atoms with E-state index in [9.17, 15) is 0 Å². The quantitative estimate of drug-likeness (QED) is 0.834. The third kappa shape index (κ3) is 5.01. The van der Waals surface area contributed by atoms with Crippen molar-refractivity contribution in [2.45, 2.75) is 46.2 Å². The van der Waals surface area contributed by atoms with Gasteiger partial charge in [-0.05, 0) is 58.7 Å². The molecule has 118 valence electrons. The van der Waals surface area contributed by atoms with E-state index in [0.717, 1.165) is 24.8 Å². The number of hydrogen-bond acceptors (Lipinski definition) is 3. The number of para-hydroxylation sites is 1. The van der Waals surface area contributed by atoms with E-state index in [-0.39, 0.29) is 0 Å². The number of benzene rings is 1. The minimum Gasteiger partial charge on any atom is -0.494 e. The SMILES string of the molecule is CCOc1ccccc1CN(CC1CCNCC1)C(C)C. The molecule has 1 N–H and O–H groups in total. The van der Waals surface area contributed by atoms with E-state index < -0.39 is 0 Å². The minimum atomic E-state index is 0.564. The summed E-state index contributed by atoms with van der Waals surface area (Å²) in [6.45, 7) is 11.9. The van der Waals surface area contributed by atoms with Crippen LogP contribution in [0.1, 0.15) is 39.2 Å². The number of rotatable bonds is 7. The summed E-state index contributed by atoms with van der Waals surface area (Å²) in [6, 6.07) is 9.02. The number of ether oxygens (including phenoxy) is 1. The smallest absolute Gasteiger partial charge is 0.123 e. The van der Waals surface area contributed by atoms with E-state index in [0.29, 0.717) is 6.04 Å². The first-order valence-corrected chi connectivity index (χ1v) is 8.36. The lowest BCUT2D eigenvalue weighted by atomic mass is 9.96. The Morgan fingerprint density at radius 2 is 1.95 bits per heavy atom. The van der Waals surface area contributed by atoms with Gasteiger partial charge in [-0.25, -0.2) is 0 Å². The molecule has 0 radical (unpaired) electrons. The van der Waals surface area contributed by atoms with Crippen molar-refractivity contribution in [3.05, 3.63) is 29.8 Å².